The molecule has 0 bridgehead atoms. The molecule has 2 atom stereocenters. The molecule has 1 N–H and O–H groups in total. The lowest BCUT2D eigenvalue weighted by Crippen LogP contribution is -2.27. The number of nitrogens with one attached hydrogen (secondary N) is 1. The smallest absolute Gasteiger partial charge is 0.0807 e. The van der Waals surface area contributed by atoms with Gasteiger partial charge in [0.25, 0.3) is 0 Å². The summed E-state index contributed by atoms with van der Waals surface area (Å²) in [6.45, 7) is 11.8. The second kappa shape index (κ2) is 7.23. The van der Waals surface area contributed by atoms with Gasteiger partial charge in [-0.15, -0.1) is 0 Å². The lowest BCUT2D eigenvalue weighted by atomic mass is 9.70. The molecule has 2 heteroatoms. The molecule has 1 saturated heterocycles. The van der Waals surface area contributed by atoms with Gasteiger partial charge in [-0.25, -0.2) is 0 Å². The molecule has 1 saturated carbocycles. The molecule has 2 aliphatic carbocycles. The van der Waals surface area contributed by atoms with E-state index in [1.54, 1.807) is 6.21 Å². The van der Waals surface area contributed by atoms with Crippen molar-refractivity contribution in [2.24, 2.45) is 17.8 Å². The van der Waals surface area contributed by atoms with Gasteiger partial charge < -0.3 is 10.1 Å². The molecular formula is C22H31NO. The molecule has 0 radical (unpaired) electrons. The Balaban J connectivity index is 1.98. The second-order valence-electron chi connectivity index (χ2n) is 7.90. The van der Waals surface area contributed by atoms with Crippen LogP contribution in [-0.4, -0.2) is 18.9 Å². The van der Waals surface area contributed by atoms with Crippen LogP contribution in [0.2, 0.25) is 0 Å². The molecule has 0 spiro atoms. The second-order valence-corrected chi connectivity index (χ2v) is 7.90. The van der Waals surface area contributed by atoms with E-state index in [1.165, 1.54) is 41.6 Å². The van der Waals surface area contributed by atoms with Gasteiger partial charge in [0.05, 0.1) is 12.7 Å². The molecule has 1 aliphatic heterocycles. The lowest BCUT2D eigenvalue weighted by Gasteiger charge is -2.35. The predicted octanol–water partition coefficient (Wildman–Crippen LogP) is 5.63. The van der Waals surface area contributed by atoms with Crippen LogP contribution in [0.5, 0.6) is 0 Å². The van der Waals surface area contributed by atoms with Crippen LogP contribution in [0, 0.1) is 23.2 Å². The Morgan fingerprint density at radius 1 is 1.25 bits per heavy atom. The zero-order valence-electron chi connectivity index (χ0n) is 15.4. The van der Waals surface area contributed by atoms with Gasteiger partial charge in [0.1, 0.15) is 0 Å². The van der Waals surface area contributed by atoms with Crippen molar-refractivity contribution in [1.82, 2.24) is 0 Å². The Hall–Kier alpha value is -1.41. The van der Waals surface area contributed by atoms with Gasteiger partial charge >= 0.3 is 0 Å². The van der Waals surface area contributed by atoms with E-state index < -0.39 is 0 Å². The van der Waals surface area contributed by atoms with E-state index >= 15 is 0 Å². The standard InChI is InChI=1S/C22H31NO/c1-5-18(17-10-14(2)11-17)21(13-23)19-7-6-15(3)20(19)12-16(4)22-8-9-24-22/h5,12-15,17,22-23H,1,6-11H2,2-4H3/b16-12+,21-18-,23-13?. The number of allylic oxidation sites excluding steroid dienone is 6. The Kier molecular flexibility index (Phi) is 5.24. The molecule has 0 aromatic carbocycles. The summed E-state index contributed by atoms with van der Waals surface area (Å²) >= 11 is 0. The van der Waals surface area contributed by atoms with Crippen LogP contribution in [-0.2, 0) is 4.74 Å². The predicted molar refractivity (Wildman–Crippen MR) is 101 cm³/mol. The summed E-state index contributed by atoms with van der Waals surface area (Å²) in [5.41, 5.74) is 6.58. The summed E-state index contributed by atoms with van der Waals surface area (Å²) in [5.74, 6) is 1.97. The molecule has 3 aliphatic rings. The third kappa shape index (κ3) is 3.21. The molecule has 0 amide bonds. The summed E-state index contributed by atoms with van der Waals surface area (Å²) in [6.07, 6.45) is 12.1. The van der Waals surface area contributed by atoms with Crippen molar-refractivity contribution >= 4 is 6.21 Å². The van der Waals surface area contributed by atoms with Crippen LogP contribution in [0.1, 0.15) is 52.9 Å². The molecule has 2 unspecified atom stereocenters. The van der Waals surface area contributed by atoms with Gasteiger partial charge in [-0.05, 0) is 78.2 Å². The number of hydrogen-bond donors (Lipinski definition) is 1. The Morgan fingerprint density at radius 3 is 2.46 bits per heavy atom. The largest absolute Gasteiger partial charge is 0.374 e. The molecule has 3 rings (SSSR count). The van der Waals surface area contributed by atoms with Crippen molar-refractivity contribution in [3.8, 4) is 0 Å². The van der Waals surface area contributed by atoms with E-state index in [0.717, 1.165) is 30.9 Å². The SMILES string of the molecule is C=C/C(=C(\C=N)C1=C(/C=C(\C)C2CCO2)C(C)CC1)C1CC(C)C1. The average Bonchev–Trinajstić information content (AvgIpc) is 2.81. The topological polar surface area (TPSA) is 33.1 Å². The summed E-state index contributed by atoms with van der Waals surface area (Å²) in [5, 5.41) is 8.06. The first-order valence-electron chi connectivity index (χ1n) is 9.45. The average molecular weight is 325 g/mol. The summed E-state index contributed by atoms with van der Waals surface area (Å²) < 4.78 is 5.64. The summed E-state index contributed by atoms with van der Waals surface area (Å²) in [7, 11) is 0. The van der Waals surface area contributed by atoms with Crippen LogP contribution in [0.15, 0.2) is 46.6 Å². The number of ether oxygens (including phenoxy) is 1. The van der Waals surface area contributed by atoms with Crippen molar-refractivity contribution in [1.29, 1.82) is 5.41 Å². The molecule has 0 aromatic heterocycles. The van der Waals surface area contributed by atoms with Gasteiger partial charge in [-0.3, -0.25) is 0 Å². The summed E-state index contributed by atoms with van der Waals surface area (Å²) in [6, 6.07) is 0. The third-order valence-corrected chi connectivity index (χ3v) is 6.11. The van der Waals surface area contributed by atoms with Gasteiger partial charge in [0.2, 0.25) is 0 Å². The van der Waals surface area contributed by atoms with Crippen molar-refractivity contribution in [3.05, 3.63) is 46.6 Å². The minimum atomic E-state index is 0.310. The fraction of sp³-hybridized carbons (Fsp3) is 0.591. The zero-order chi connectivity index (χ0) is 17.3. The van der Waals surface area contributed by atoms with E-state index in [1.807, 2.05) is 6.08 Å². The zero-order valence-corrected chi connectivity index (χ0v) is 15.4. The first-order chi connectivity index (χ1) is 11.5. The highest BCUT2D eigenvalue weighted by molar-refractivity contribution is 5.85. The van der Waals surface area contributed by atoms with Crippen molar-refractivity contribution in [2.75, 3.05) is 6.61 Å². The maximum Gasteiger partial charge on any atom is 0.0807 e. The number of rotatable bonds is 6. The molecule has 1 heterocycles. The normalized spacial score (nSPS) is 34.4. The first kappa shape index (κ1) is 17.4. The summed E-state index contributed by atoms with van der Waals surface area (Å²) in [4.78, 5) is 0. The van der Waals surface area contributed by atoms with Crippen LogP contribution in [0.25, 0.3) is 0 Å². The van der Waals surface area contributed by atoms with Gasteiger partial charge in [-0.2, -0.15) is 0 Å². The molecule has 130 valence electrons. The Labute approximate surface area is 146 Å². The van der Waals surface area contributed by atoms with Gasteiger partial charge in [0, 0.05) is 12.6 Å². The van der Waals surface area contributed by atoms with Gasteiger partial charge in [-0.1, -0.05) is 32.6 Å². The third-order valence-electron chi connectivity index (χ3n) is 6.11. The Bertz CT molecular complexity index is 612. The van der Waals surface area contributed by atoms with Gasteiger partial charge in [0.15, 0.2) is 0 Å². The molecule has 2 fully saturated rings. The molecule has 2 nitrogen and oxygen atoms in total. The van der Waals surface area contributed by atoms with Crippen LogP contribution in [0.4, 0.5) is 0 Å². The molecular weight excluding hydrogens is 294 g/mol. The molecule has 0 aromatic rings. The van der Waals surface area contributed by atoms with Crippen molar-refractivity contribution < 1.29 is 4.74 Å². The number of hydrogen-bond acceptors (Lipinski definition) is 2. The quantitative estimate of drug-likeness (QED) is 0.498. The first-order valence-corrected chi connectivity index (χ1v) is 9.45. The maximum absolute atomic E-state index is 8.06. The maximum atomic E-state index is 8.06. The van der Waals surface area contributed by atoms with Crippen molar-refractivity contribution in [2.45, 2.75) is 59.0 Å². The lowest BCUT2D eigenvalue weighted by molar-refractivity contribution is -0.0259. The highest BCUT2D eigenvalue weighted by Gasteiger charge is 2.31. The minimum absolute atomic E-state index is 0.310. The fourth-order valence-corrected chi connectivity index (χ4v) is 4.41. The van der Waals surface area contributed by atoms with E-state index in [2.05, 4.69) is 33.4 Å². The highest BCUT2D eigenvalue weighted by atomic mass is 16.5. The van der Waals surface area contributed by atoms with Crippen molar-refractivity contribution in [3.63, 3.8) is 0 Å². The van der Waals surface area contributed by atoms with E-state index in [0.29, 0.717) is 17.9 Å². The van der Waals surface area contributed by atoms with Crippen LogP contribution < -0.4 is 0 Å². The monoisotopic (exact) mass is 325 g/mol. The van der Waals surface area contributed by atoms with E-state index in [9.17, 15) is 0 Å². The molecule has 24 heavy (non-hydrogen) atoms. The van der Waals surface area contributed by atoms with Crippen LogP contribution in [0.3, 0.4) is 0 Å². The van der Waals surface area contributed by atoms with E-state index in [4.69, 9.17) is 10.1 Å². The Morgan fingerprint density at radius 2 is 1.96 bits per heavy atom. The highest BCUT2D eigenvalue weighted by Crippen LogP contribution is 2.44. The fourth-order valence-electron chi connectivity index (χ4n) is 4.41. The minimum Gasteiger partial charge on any atom is -0.374 e. The van der Waals surface area contributed by atoms with Crippen LogP contribution >= 0.6 is 0 Å². The van der Waals surface area contributed by atoms with E-state index in [-0.39, 0.29) is 0 Å².